The van der Waals surface area contributed by atoms with Crippen molar-refractivity contribution in [2.24, 2.45) is 5.73 Å². The molecule has 20 heavy (non-hydrogen) atoms. The largest absolute Gasteiger partial charge is 0.325 e. The topological polar surface area (TPSA) is 115 Å². The van der Waals surface area contributed by atoms with Crippen LogP contribution in [0.25, 0.3) is 0 Å². The molecule has 0 aliphatic heterocycles. The van der Waals surface area contributed by atoms with Crippen molar-refractivity contribution in [3.8, 4) is 0 Å². The zero-order valence-electron chi connectivity index (χ0n) is 10.5. The van der Waals surface area contributed by atoms with Crippen molar-refractivity contribution in [1.29, 1.82) is 0 Å². The average Bonchev–Trinajstić information content (AvgIpc) is 2.37. The Morgan fingerprint density at radius 1 is 1.45 bits per heavy atom. The monoisotopic (exact) mass is 309 g/mol. The third-order valence-corrected chi connectivity index (χ3v) is 4.03. The SMILES string of the molecule is Cc1ccc([N+](=O)[O-])cc1S(=O)(=O)NCC(F)(F)CN. The first kappa shape index (κ1) is 16.4. The first-order chi connectivity index (χ1) is 9.09. The second-order valence-electron chi connectivity index (χ2n) is 4.09. The number of hydrogen-bond acceptors (Lipinski definition) is 5. The Bertz CT molecular complexity index is 619. The van der Waals surface area contributed by atoms with Crippen molar-refractivity contribution in [3.05, 3.63) is 33.9 Å². The molecule has 0 aromatic heterocycles. The van der Waals surface area contributed by atoms with Crippen LogP contribution in [0.2, 0.25) is 0 Å². The van der Waals surface area contributed by atoms with Crippen molar-refractivity contribution in [1.82, 2.24) is 4.72 Å². The molecule has 0 atom stereocenters. The van der Waals surface area contributed by atoms with Gasteiger partial charge in [0.2, 0.25) is 10.0 Å². The number of alkyl halides is 2. The van der Waals surface area contributed by atoms with E-state index in [0.717, 1.165) is 12.1 Å². The molecule has 1 rings (SSSR count). The molecule has 0 radical (unpaired) electrons. The zero-order valence-corrected chi connectivity index (χ0v) is 11.3. The lowest BCUT2D eigenvalue weighted by molar-refractivity contribution is -0.385. The number of nitrogens with one attached hydrogen (secondary N) is 1. The Balaban J connectivity index is 3.09. The van der Waals surface area contributed by atoms with Crippen LogP contribution in [0.15, 0.2) is 23.1 Å². The smallest absolute Gasteiger partial charge is 0.273 e. The van der Waals surface area contributed by atoms with Crippen molar-refractivity contribution in [3.63, 3.8) is 0 Å². The summed E-state index contributed by atoms with van der Waals surface area (Å²) >= 11 is 0. The average molecular weight is 309 g/mol. The van der Waals surface area contributed by atoms with E-state index in [-0.39, 0.29) is 5.56 Å². The molecule has 3 N–H and O–H groups in total. The number of sulfonamides is 1. The minimum atomic E-state index is -4.28. The highest BCUT2D eigenvalue weighted by Gasteiger charge is 2.30. The second kappa shape index (κ2) is 5.77. The number of nitro benzene ring substituents is 1. The van der Waals surface area contributed by atoms with Crippen LogP contribution in [0.1, 0.15) is 5.56 Å². The number of nitrogens with zero attached hydrogens (tertiary/aromatic N) is 1. The van der Waals surface area contributed by atoms with E-state index in [0.29, 0.717) is 0 Å². The van der Waals surface area contributed by atoms with Crippen LogP contribution in [-0.4, -0.2) is 32.4 Å². The van der Waals surface area contributed by atoms with Gasteiger partial charge in [0.25, 0.3) is 11.6 Å². The van der Waals surface area contributed by atoms with Crippen LogP contribution in [0, 0.1) is 17.0 Å². The molecule has 1 aromatic rings. The lowest BCUT2D eigenvalue weighted by Gasteiger charge is -2.15. The highest BCUT2D eigenvalue weighted by molar-refractivity contribution is 7.89. The van der Waals surface area contributed by atoms with Crippen LogP contribution < -0.4 is 10.5 Å². The molecule has 112 valence electrons. The van der Waals surface area contributed by atoms with Gasteiger partial charge in [-0.15, -0.1) is 0 Å². The molecule has 0 aliphatic carbocycles. The van der Waals surface area contributed by atoms with E-state index < -0.39 is 44.5 Å². The molecular weight excluding hydrogens is 296 g/mol. The summed E-state index contributed by atoms with van der Waals surface area (Å²) in [6, 6.07) is 3.18. The van der Waals surface area contributed by atoms with Crippen molar-refractivity contribution >= 4 is 15.7 Å². The van der Waals surface area contributed by atoms with Crippen molar-refractivity contribution in [2.45, 2.75) is 17.7 Å². The first-order valence-corrected chi connectivity index (χ1v) is 6.90. The van der Waals surface area contributed by atoms with E-state index in [1.54, 1.807) is 4.72 Å². The highest BCUT2D eigenvalue weighted by Crippen LogP contribution is 2.22. The van der Waals surface area contributed by atoms with Crippen LogP contribution in [0.4, 0.5) is 14.5 Å². The Morgan fingerprint density at radius 3 is 2.55 bits per heavy atom. The van der Waals surface area contributed by atoms with Gasteiger partial charge in [0.1, 0.15) is 0 Å². The molecule has 0 unspecified atom stereocenters. The summed E-state index contributed by atoms with van der Waals surface area (Å²) in [7, 11) is -4.28. The van der Waals surface area contributed by atoms with Crippen molar-refractivity contribution < 1.29 is 22.1 Å². The minimum Gasteiger partial charge on any atom is -0.325 e. The van der Waals surface area contributed by atoms with E-state index in [1.807, 2.05) is 0 Å². The number of nitro groups is 1. The van der Waals surface area contributed by atoms with Gasteiger partial charge >= 0.3 is 0 Å². The van der Waals surface area contributed by atoms with Gasteiger partial charge in [0, 0.05) is 12.1 Å². The summed E-state index contributed by atoms with van der Waals surface area (Å²) in [6.45, 7) is -0.781. The van der Waals surface area contributed by atoms with Crippen molar-refractivity contribution in [2.75, 3.05) is 13.1 Å². The number of nitrogens with two attached hydrogens (primary N) is 1. The molecule has 0 heterocycles. The molecule has 1 aromatic carbocycles. The quantitative estimate of drug-likeness (QED) is 0.595. The van der Waals surface area contributed by atoms with E-state index in [2.05, 4.69) is 0 Å². The molecule has 0 aliphatic rings. The fraction of sp³-hybridized carbons (Fsp3) is 0.400. The van der Waals surface area contributed by atoms with Crippen LogP contribution in [0.3, 0.4) is 0 Å². The van der Waals surface area contributed by atoms with Crippen LogP contribution in [0.5, 0.6) is 0 Å². The summed E-state index contributed by atoms with van der Waals surface area (Å²) in [6.07, 6.45) is 0. The molecule has 0 spiro atoms. The van der Waals surface area contributed by atoms with E-state index in [1.165, 1.54) is 13.0 Å². The fourth-order valence-corrected chi connectivity index (χ4v) is 2.67. The van der Waals surface area contributed by atoms with Gasteiger partial charge in [-0.25, -0.2) is 21.9 Å². The van der Waals surface area contributed by atoms with E-state index in [4.69, 9.17) is 5.73 Å². The summed E-state index contributed by atoms with van der Waals surface area (Å²) in [5.41, 5.74) is 4.56. The minimum absolute atomic E-state index is 0.208. The molecule has 7 nitrogen and oxygen atoms in total. The highest BCUT2D eigenvalue weighted by atomic mass is 32.2. The molecule has 0 saturated heterocycles. The Hall–Kier alpha value is -1.65. The van der Waals surface area contributed by atoms with Crippen LogP contribution in [-0.2, 0) is 10.0 Å². The molecule has 0 fully saturated rings. The normalized spacial score (nSPS) is 12.4. The second-order valence-corrected chi connectivity index (χ2v) is 5.83. The lowest BCUT2D eigenvalue weighted by atomic mass is 10.2. The first-order valence-electron chi connectivity index (χ1n) is 5.42. The lowest BCUT2D eigenvalue weighted by Crippen LogP contribution is -2.41. The van der Waals surface area contributed by atoms with Crippen LogP contribution >= 0.6 is 0 Å². The van der Waals surface area contributed by atoms with Gasteiger partial charge < -0.3 is 5.73 Å². The number of rotatable bonds is 6. The predicted octanol–water partition coefficient (Wildman–Crippen LogP) is 0.776. The predicted molar refractivity (Wildman–Crippen MR) is 67.0 cm³/mol. The third kappa shape index (κ3) is 3.92. The summed E-state index contributed by atoms with van der Waals surface area (Å²) in [5, 5.41) is 10.6. The van der Waals surface area contributed by atoms with Gasteiger partial charge in [-0.2, -0.15) is 0 Å². The van der Waals surface area contributed by atoms with Gasteiger partial charge in [-0.1, -0.05) is 6.07 Å². The summed E-state index contributed by atoms with van der Waals surface area (Å²) < 4.78 is 51.4. The number of halogens is 2. The third-order valence-electron chi connectivity index (χ3n) is 2.49. The number of benzene rings is 1. The fourth-order valence-electron chi connectivity index (χ4n) is 1.34. The Morgan fingerprint density at radius 2 is 2.05 bits per heavy atom. The summed E-state index contributed by atoms with van der Waals surface area (Å²) in [5.74, 6) is -3.39. The van der Waals surface area contributed by atoms with Gasteiger partial charge in [0.05, 0.1) is 22.9 Å². The Labute approximate surface area is 114 Å². The molecule has 0 bridgehead atoms. The number of aryl methyl sites for hydroxylation is 1. The van der Waals surface area contributed by atoms with Gasteiger partial charge in [-0.05, 0) is 12.5 Å². The van der Waals surface area contributed by atoms with E-state index >= 15 is 0 Å². The van der Waals surface area contributed by atoms with Gasteiger partial charge in [-0.3, -0.25) is 10.1 Å². The van der Waals surface area contributed by atoms with Gasteiger partial charge in [0.15, 0.2) is 0 Å². The number of hydrogen-bond donors (Lipinski definition) is 2. The zero-order chi connectivity index (χ0) is 15.6. The Kier molecular flexibility index (Phi) is 4.73. The van der Waals surface area contributed by atoms with E-state index in [9.17, 15) is 27.3 Å². The molecular formula is C10H13F2N3O4S. The maximum atomic E-state index is 12.9. The maximum absolute atomic E-state index is 12.9. The summed E-state index contributed by atoms with van der Waals surface area (Å²) in [4.78, 5) is 9.42. The number of non-ortho nitro benzene ring substituents is 1. The molecule has 10 heteroatoms. The standard InChI is InChI=1S/C10H13F2N3O4S/c1-7-2-3-8(15(16)17)4-9(7)20(18,19)14-6-10(11,12)5-13/h2-4,14H,5-6,13H2,1H3. The molecule has 0 saturated carbocycles. The maximum Gasteiger partial charge on any atom is 0.273 e. The molecule has 0 amide bonds.